The van der Waals surface area contributed by atoms with Gasteiger partial charge in [-0.1, -0.05) is 6.42 Å². The lowest BCUT2D eigenvalue weighted by Crippen LogP contribution is -2.34. The number of H-pyrrole nitrogens is 1. The number of nitrogen functional groups attached to an aromatic ring is 1. The molecule has 66 valence electrons. The van der Waals surface area contributed by atoms with Gasteiger partial charge in [-0.05, 0) is 12.8 Å². The molecule has 0 aliphatic heterocycles. The summed E-state index contributed by atoms with van der Waals surface area (Å²) in [5.41, 5.74) is 6.61. The first-order chi connectivity index (χ1) is 5.86. The molecule has 0 spiro atoms. The molecule has 0 radical (unpaired) electrons. The summed E-state index contributed by atoms with van der Waals surface area (Å²) in [7, 11) is 0. The van der Waals surface area contributed by atoms with Crippen LogP contribution in [0, 0.1) is 0 Å². The van der Waals surface area contributed by atoms with Crippen LogP contribution in [0.3, 0.4) is 0 Å². The van der Waals surface area contributed by atoms with Crippen LogP contribution < -0.4 is 11.1 Å². The second kappa shape index (κ2) is 3.15. The molecule has 0 amide bonds. The van der Waals surface area contributed by atoms with E-state index in [1.165, 1.54) is 19.3 Å². The number of nitrogens with one attached hydrogen (secondary N) is 2. The van der Waals surface area contributed by atoms with Crippen LogP contribution in [-0.2, 0) is 6.54 Å². The molecular weight excluding hydrogens is 152 g/mol. The fourth-order valence-electron chi connectivity index (χ4n) is 1.33. The summed E-state index contributed by atoms with van der Waals surface area (Å²) < 4.78 is 0. The second-order valence-electron chi connectivity index (χ2n) is 3.28. The Bertz CT molecular complexity index is 251. The summed E-state index contributed by atoms with van der Waals surface area (Å²) in [5.74, 6) is 0.613. The number of rotatable bonds is 3. The van der Waals surface area contributed by atoms with Crippen molar-refractivity contribution in [3.8, 4) is 0 Å². The number of hydrogen-bond acceptors (Lipinski definition) is 3. The third kappa shape index (κ3) is 1.43. The smallest absolute Gasteiger partial charge is 0.146 e. The molecule has 4 N–H and O–H groups in total. The van der Waals surface area contributed by atoms with E-state index in [9.17, 15) is 0 Å². The van der Waals surface area contributed by atoms with Gasteiger partial charge in [0.1, 0.15) is 5.82 Å². The van der Waals surface area contributed by atoms with Crippen LogP contribution in [0.4, 0.5) is 5.82 Å². The van der Waals surface area contributed by atoms with E-state index in [-0.39, 0.29) is 0 Å². The minimum Gasteiger partial charge on any atom is -0.382 e. The SMILES string of the molecule is Nc1nc[nH]c1CNC1CCC1. The van der Waals surface area contributed by atoms with Gasteiger partial charge in [-0.3, -0.25) is 0 Å². The highest BCUT2D eigenvalue weighted by molar-refractivity contribution is 5.33. The normalized spacial score (nSPS) is 17.7. The van der Waals surface area contributed by atoms with E-state index in [0.29, 0.717) is 11.9 Å². The van der Waals surface area contributed by atoms with Crippen molar-refractivity contribution in [2.45, 2.75) is 31.8 Å². The molecule has 1 aromatic rings. The van der Waals surface area contributed by atoms with Gasteiger partial charge in [-0.2, -0.15) is 0 Å². The summed E-state index contributed by atoms with van der Waals surface area (Å²) in [6.45, 7) is 0.816. The van der Waals surface area contributed by atoms with E-state index in [1.807, 2.05) is 0 Å². The molecule has 0 bridgehead atoms. The van der Waals surface area contributed by atoms with E-state index >= 15 is 0 Å². The van der Waals surface area contributed by atoms with Gasteiger partial charge in [-0.25, -0.2) is 4.98 Å². The van der Waals surface area contributed by atoms with Crippen molar-refractivity contribution in [2.75, 3.05) is 5.73 Å². The topological polar surface area (TPSA) is 66.7 Å². The molecule has 0 unspecified atom stereocenters. The summed E-state index contributed by atoms with van der Waals surface area (Å²) in [6.07, 6.45) is 5.59. The van der Waals surface area contributed by atoms with Gasteiger partial charge in [0.15, 0.2) is 0 Å². The first-order valence-corrected chi connectivity index (χ1v) is 4.37. The van der Waals surface area contributed by atoms with Gasteiger partial charge in [0.05, 0.1) is 12.0 Å². The van der Waals surface area contributed by atoms with Crippen LogP contribution in [-0.4, -0.2) is 16.0 Å². The Morgan fingerprint density at radius 1 is 1.67 bits per heavy atom. The second-order valence-corrected chi connectivity index (χ2v) is 3.28. The predicted octanol–water partition coefficient (Wildman–Crippen LogP) is 0.634. The number of aromatic nitrogens is 2. The quantitative estimate of drug-likeness (QED) is 0.617. The lowest BCUT2D eigenvalue weighted by atomic mass is 9.93. The Labute approximate surface area is 71.6 Å². The molecule has 2 rings (SSSR count). The van der Waals surface area contributed by atoms with Crippen molar-refractivity contribution < 1.29 is 0 Å². The number of nitrogens with two attached hydrogens (primary N) is 1. The van der Waals surface area contributed by atoms with Crippen molar-refractivity contribution >= 4 is 5.82 Å². The zero-order valence-corrected chi connectivity index (χ0v) is 7.01. The molecule has 0 aromatic carbocycles. The Balaban J connectivity index is 1.82. The zero-order valence-electron chi connectivity index (χ0n) is 7.01. The average Bonchev–Trinajstić information content (AvgIpc) is 2.33. The van der Waals surface area contributed by atoms with Crippen LogP contribution >= 0.6 is 0 Å². The molecule has 1 saturated carbocycles. The Kier molecular flexibility index (Phi) is 1.99. The third-order valence-electron chi connectivity index (χ3n) is 2.42. The van der Waals surface area contributed by atoms with Crippen molar-refractivity contribution in [1.29, 1.82) is 0 Å². The van der Waals surface area contributed by atoms with Gasteiger partial charge in [0.25, 0.3) is 0 Å². The van der Waals surface area contributed by atoms with Crippen LogP contribution in [0.25, 0.3) is 0 Å². The van der Waals surface area contributed by atoms with Gasteiger partial charge in [-0.15, -0.1) is 0 Å². The molecule has 1 heterocycles. The van der Waals surface area contributed by atoms with E-state index in [1.54, 1.807) is 6.33 Å². The van der Waals surface area contributed by atoms with Crippen LogP contribution in [0.1, 0.15) is 25.0 Å². The highest BCUT2D eigenvalue weighted by atomic mass is 15.0. The molecule has 4 heteroatoms. The van der Waals surface area contributed by atoms with E-state index < -0.39 is 0 Å². The molecule has 1 aliphatic rings. The maximum Gasteiger partial charge on any atom is 0.146 e. The highest BCUT2D eigenvalue weighted by Gasteiger charge is 2.16. The fraction of sp³-hybridized carbons (Fsp3) is 0.625. The first-order valence-electron chi connectivity index (χ1n) is 4.37. The Hall–Kier alpha value is -1.03. The molecule has 12 heavy (non-hydrogen) atoms. The van der Waals surface area contributed by atoms with Crippen molar-refractivity contribution in [3.05, 3.63) is 12.0 Å². The molecule has 1 aliphatic carbocycles. The predicted molar refractivity (Wildman–Crippen MR) is 47.5 cm³/mol. The summed E-state index contributed by atoms with van der Waals surface area (Å²) >= 11 is 0. The Morgan fingerprint density at radius 3 is 3.00 bits per heavy atom. The molecular formula is C8H14N4. The first kappa shape index (κ1) is 7.61. The largest absolute Gasteiger partial charge is 0.382 e. The minimum absolute atomic E-state index is 0.613. The van der Waals surface area contributed by atoms with Crippen molar-refractivity contribution in [2.24, 2.45) is 0 Å². The van der Waals surface area contributed by atoms with Crippen LogP contribution in [0.2, 0.25) is 0 Å². The molecule has 1 aromatic heterocycles. The van der Waals surface area contributed by atoms with Gasteiger partial charge in [0.2, 0.25) is 0 Å². The number of nitrogens with zero attached hydrogens (tertiary/aromatic N) is 1. The highest BCUT2D eigenvalue weighted by Crippen LogP contribution is 2.18. The average molecular weight is 166 g/mol. The van der Waals surface area contributed by atoms with Gasteiger partial charge < -0.3 is 16.0 Å². The summed E-state index contributed by atoms with van der Waals surface area (Å²) in [4.78, 5) is 6.93. The monoisotopic (exact) mass is 166 g/mol. The zero-order chi connectivity index (χ0) is 8.39. The van der Waals surface area contributed by atoms with Crippen LogP contribution in [0.5, 0.6) is 0 Å². The lowest BCUT2D eigenvalue weighted by molar-refractivity contribution is 0.337. The molecule has 0 atom stereocenters. The van der Waals surface area contributed by atoms with E-state index in [2.05, 4.69) is 15.3 Å². The third-order valence-corrected chi connectivity index (χ3v) is 2.42. The molecule has 4 nitrogen and oxygen atoms in total. The lowest BCUT2D eigenvalue weighted by Gasteiger charge is -2.26. The Morgan fingerprint density at radius 2 is 2.50 bits per heavy atom. The summed E-state index contributed by atoms with van der Waals surface area (Å²) in [5, 5.41) is 3.41. The maximum atomic E-state index is 5.60. The molecule has 1 fully saturated rings. The minimum atomic E-state index is 0.613. The van der Waals surface area contributed by atoms with Crippen molar-refractivity contribution in [3.63, 3.8) is 0 Å². The molecule has 0 saturated heterocycles. The van der Waals surface area contributed by atoms with Crippen LogP contribution in [0.15, 0.2) is 6.33 Å². The van der Waals surface area contributed by atoms with E-state index in [0.717, 1.165) is 12.2 Å². The number of anilines is 1. The van der Waals surface area contributed by atoms with Gasteiger partial charge >= 0.3 is 0 Å². The number of hydrogen-bond donors (Lipinski definition) is 3. The number of imidazole rings is 1. The summed E-state index contributed by atoms with van der Waals surface area (Å²) in [6, 6.07) is 0.702. The van der Waals surface area contributed by atoms with Crippen molar-refractivity contribution in [1.82, 2.24) is 15.3 Å². The fourth-order valence-corrected chi connectivity index (χ4v) is 1.33. The van der Waals surface area contributed by atoms with E-state index in [4.69, 9.17) is 5.73 Å². The standard InChI is InChI=1S/C8H14N4/c9-8-7(11-5-12-8)4-10-6-2-1-3-6/h5-6,10H,1-4,9H2,(H,11,12). The van der Waals surface area contributed by atoms with Gasteiger partial charge in [0, 0.05) is 12.6 Å². The number of aromatic amines is 1. The maximum absolute atomic E-state index is 5.60.